The normalized spacial score (nSPS) is 34.8. The van der Waals surface area contributed by atoms with Crippen LogP contribution in [-0.2, 0) is 0 Å². The summed E-state index contributed by atoms with van der Waals surface area (Å²) >= 11 is 0. The Bertz CT molecular complexity index is 231. The van der Waals surface area contributed by atoms with E-state index in [1.165, 1.54) is 58.0 Å². The van der Waals surface area contributed by atoms with Gasteiger partial charge in [0.2, 0.25) is 0 Å². The van der Waals surface area contributed by atoms with Crippen LogP contribution in [0.4, 0.5) is 0 Å². The van der Waals surface area contributed by atoms with Crippen LogP contribution in [0.3, 0.4) is 0 Å². The molecule has 17 heavy (non-hydrogen) atoms. The SMILES string of the molecule is CCC1CCCC(N2CCC(C)(NC)CC2)C1. The molecule has 2 rings (SSSR count). The number of nitrogens with zero attached hydrogens (tertiary/aromatic N) is 1. The third kappa shape index (κ3) is 3.23. The molecule has 2 aliphatic rings. The van der Waals surface area contributed by atoms with Crippen molar-refractivity contribution in [2.24, 2.45) is 5.92 Å². The van der Waals surface area contributed by atoms with Gasteiger partial charge in [0, 0.05) is 24.7 Å². The number of hydrogen-bond donors (Lipinski definition) is 1. The molecule has 1 saturated carbocycles. The molecule has 0 aromatic rings. The molecule has 1 N–H and O–H groups in total. The predicted molar refractivity (Wildman–Crippen MR) is 74.3 cm³/mol. The molecule has 0 aromatic heterocycles. The van der Waals surface area contributed by atoms with Gasteiger partial charge in [-0.3, -0.25) is 0 Å². The van der Waals surface area contributed by atoms with Crippen molar-refractivity contribution in [2.45, 2.75) is 70.4 Å². The Hall–Kier alpha value is -0.0800. The molecule has 2 fully saturated rings. The van der Waals surface area contributed by atoms with Crippen molar-refractivity contribution in [3.8, 4) is 0 Å². The minimum Gasteiger partial charge on any atom is -0.314 e. The fourth-order valence-electron chi connectivity index (χ4n) is 3.60. The lowest BCUT2D eigenvalue weighted by molar-refractivity contribution is 0.0751. The van der Waals surface area contributed by atoms with Crippen molar-refractivity contribution >= 4 is 0 Å². The third-order valence-electron chi connectivity index (χ3n) is 5.35. The summed E-state index contributed by atoms with van der Waals surface area (Å²) < 4.78 is 0. The summed E-state index contributed by atoms with van der Waals surface area (Å²) in [4.78, 5) is 2.78. The van der Waals surface area contributed by atoms with Crippen molar-refractivity contribution in [3.05, 3.63) is 0 Å². The fraction of sp³-hybridized carbons (Fsp3) is 1.00. The van der Waals surface area contributed by atoms with Gasteiger partial charge < -0.3 is 10.2 Å². The molecule has 0 amide bonds. The van der Waals surface area contributed by atoms with Gasteiger partial charge >= 0.3 is 0 Å². The Balaban J connectivity index is 1.84. The number of rotatable bonds is 3. The van der Waals surface area contributed by atoms with Crippen molar-refractivity contribution in [1.29, 1.82) is 0 Å². The van der Waals surface area contributed by atoms with Crippen molar-refractivity contribution in [2.75, 3.05) is 20.1 Å². The molecule has 1 aliphatic carbocycles. The molecule has 1 aliphatic heterocycles. The summed E-state index contributed by atoms with van der Waals surface area (Å²) in [5.41, 5.74) is 0.398. The molecule has 1 heterocycles. The second-order valence-electron chi connectivity index (χ2n) is 6.44. The molecule has 0 aromatic carbocycles. The minimum absolute atomic E-state index is 0.398. The molecule has 0 bridgehead atoms. The van der Waals surface area contributed by atoms with Gasteiger partial charge in [-0.25, -0.2) is 0 Å². The number of likely N-dealkylation sites (tertiary alicyclic amines) is 1. The standard InChI is InChI=1S/C15H30N2/c1-4-13-6-5-7-14(12-13)17-10-8-15(2,16-3)9-11-17/h13-14,16H,4-12H2,1-3H3. The zero-order valence-corrected chi connectivity index (χ0v) is 12.0. The second kappa shape index (κ2) is 5.71. The highest BCUT2D eigenvalue weighted by Gasteiger charge is 2.33. The van der Waals surface area contributed by atoms with Crippen LogP contribution in [0.15, 0.2) is 0 Å². The molecule has 2 nitrogen and oxygen atoms in total. The lowest BCUT2D eigenvalue weighted by Crippen LogP contribution is -2.53. The van der Waals surface area contributed by atoms with Crippen LogP contribution in [0, 0.1) is 5.92 Å². The Morgan fingerprint density at radius 3 is 2.53 bits per heavy atom. The summed E-state index contributed by atoms with van der Waals surface area (Å²) in [5.74, 6) is 1.01. The molecule has 0 spiro atoms. The number of hydrogen-bond acceptors (Lipinski definition) is 2. The molecular weight excluding hydrogens is 208 g/mol. The maximum atomic E-state index is 3.50. The van der Waals surface area contributed by atoms with Gasteiger partial charge in [-0.2, -0.15) is 0 Å². The quantitative estimate of drug-likeness (QED) is 0.813. The monoisotopic (exact) mass is 238 g/mol. The largest absolute Gasteiger partial charge is 0.314 e. The van der Waals surface area contributed by atoms with Crippen molar-refractivity contribution in [1.82, 2.24) is 10.2 Å². The van der Waals surface area contributed by atoms with E-state index in [2.05, 4.69) is 31.1 Å². The zero-order chi connectivity index (χ0) is 12.3. The summed E-state index contributed by atoms with van der Waals surface area (Å²) in [6.45, 7) is 7.35. The molecule has 2 heteroatoms. The summed E-state index contributed by atoms with van der Waals surface area (Å²) in [5, 5.41) is 3.50. The fourth-order valence-corrected chi connectivity index (χ4v) is 3.60. The van der Waals surface area contributed by atoms with Crippen molar-refractivity contribution < 1.29 is 0 Å². The summed E-state index contributed by atoms with van der Waals surface area (Å²) in [7, 11) is 2.11. The maximum absolute atomic E-state index is 3.50. The van der Waals surface area contributed by atoms with Gasteiger partial charge in [0.15, 0.2) is 0 Å². The van der Waals surface area contributed by atoms with E-state index in [-0.39, 0.29) is 0 Å². The van der Waals surface area contributed by atoms with E-state index in [1.54, 1.807) is 0 Å². The third-order valence-corrected chi connectivity index (χ3v) is 5.35. The molecular formula is C15H30N2. The van der Waals surface area contributed by atoms with E-state index < -0.39 is 0 Å². The first-order valence-corrected chi connectivity index (χ1v) is 7.60. The first-order valence-electron chi connectivity index (χ1n) is 7.60. The Labute approximate surface area is 107 Å². The summed E-state index contributed by atoms with van der Waals surface area (Å²) in [6, 6.07) is 0.898. The van der Waals surface area contributed by atoms with Gasteiger partial charge in [0.1, 0.15) is 0 Å². The first-order chi connectivity index (χ1) is 8.17. The Kier molecular flexibility index (Phi) is 4.48. The topological polar surface area (TPSA) is 15.3 Å². The molecule has 2 unspecified atom stereocenters. The Morgan fingerprint density at radius 1 is 1.24 bits per heavy atom. The van der Waals surface area contributed by atoms with E-state index in [0.29, 0.717) is 5.54 Å². The highest BCUT2D eigenvalue weighted by molar-refractivity contribution is 4.91. The highest BCUT2D eigenvalue weighted by atomic mass is 15.2. The average molecular weight is 238 g/mol. The Morgan fingerprint density at radius 2 is 1.94 bits per heavy atom. The minimum atomic E-state index is 0.398. The van der Waals surface area contributed by atoms with Gasteiger partial charge in [-0.1, -0.05) is 26.2 Å². The number of nitrogens with one attached hydrogen (secondary N) is 1. The molecule has 1 saturated heterocycles. The van der Waals surface area contributed by atoms with E-state index in [4.69, 9.17) is 0 Å². The van der Waals surface area contributed by atoms with E-state index in [1.807, 2.05) is 0 Å². The van der Waals surface area contributed by atoms with Crippen LogP contribution in [-0.4, -0.2) is 36.6 Å². The van der Waals surface area contributed by atoms with E-state index in [9.17, 15) is 0 Å². The molecule has 0 radical (unpaired) electrons. The number of piperidine rings is 1. The molecule has 100 valence electrons. The van der Waals surface area contributed by atoms with E-state index in [0.717, 1.165) is 12.0 Å². The first kappa shape index (κ1) is 13.4. The lowest BCUT2D eigenvalue weighted by atomic mass is 9.81. The zero-order valence-electron chi connectivity index (χ0n) is 12.0. The smallest absolute Gasteiger partial charge is 0.0174 e. The lowest BCUT2D eigenvalue weighted by Gasteiger charge is -2.44. The van der Waals surface area contributed by atoms with Crippen LogP contribution in [0.5, 0.6) is 0 Å². The second-order valence-corrected chi connectivity index (χ2v) is 6.44. The van der Waals surface area contributed by atoms with Crippen LogP contribution in [0.2, 0.25) is 0 Å². The van der Waals surface area contributed by atoms with Crippen LogP contribution in [0.1, 0.15) is 58.8 Å². The van der Waals surface area contributed by atoms with Gasteiger partial charge in [-0.05, 0) is 45.6 Å². The van der Waals surface area contributed by atoms with Gasteiger partial charge in [0.05, 0.1) is 0 Å². The summed E-state index contributed by atoms with van der Waals surface area (Å²) in [6.07, 6.45) is 9.88. The maximum Gasteiger partial charge on any atom is 0.0174 e. The highest BCUT2D eigenvalue weighted by Crippen LogP contribution is 2.32. The van der Waals surface area contributed by atoms with Gasteiger partial charge in [0.25, 0.3) is 0 Å². The predicted octanol–water partition coefficient (Wildman–Crippen LogP) is 3.03. The van der Waals surface area contributed by atoms with Gasteiger partial charge in [-0.15, -0.1) is 0 Å². The van der Waals surface area contributed by atoms with Crippen LogP contribution >= 0.6 is 0 Å². The van der Waals surface area contributed by atoms with E-state index >= 15 is 0 Å². The average Bonchev–Trinajstić information content (AvgIpc) is 2.40. The molecule has 2 atom stereocenters. The van der Waals surface area contributed by atoms with Crippen LogP contribution < -0.4 is 5.32 Å². The van der Waals surface area contributed by atoms with Crippen molar-refractivity contribution in [3.63, 3.8) is 0 Å². The van der Waals surface area contributed by atoms with Crippen LogP contribution in [0.25, 0.3) is 0 Å².